The zero-order valence-corrected chi connectivity index (χ0v) is 16.4. The fraction of sp³-hybridized carbons (Fsp3) is 0.400. The average molecular weight is 388 g/mol. The van der Waals surface area contributed by atoms with Crippen molar-refractivity contribution in [2.24, 2.45) is 5.92 Å². The Hall–Kier alpha value is -2.41. The molecule has 27 heavy (non-hydrogen) atoms. The van der Waals surface area contributed by atoms with Gasteiger partial charge in [-0.1, -0.05) is 24.3 Å². The SMILES string of the molecule is COC(=O)Cc1ccc(CC2CCN(c3ccc(S(C)(=O)=O)cn3)C2)cc1. The van der Waals surface area contributed by atoms with Crippen LogP contribution in [0.5, 0.6) is 0 Å². The van der Waals surface area contributed by atoms with Gasteiger partial charge in [0.1, 0.15) is 5.82 Å². The monoisotopic (exact) mass is 388 g/mol. The van der Waals surface area contributed by atoms with Crippen LogP contribution in [0.25, 0.3) is 0 Å². The standard InChI is InChI=1S/C20H24N2O4S/c1-26-20(23)12-16-5-3-15(4-6-16)11-17-9-10-22(14-17)19-8-7-18(13-21-19)27(2,24)25/h3-8,13,17H,9-12,14H2,1-2H3. The van der Waals surface area contributed by atoms with Crippen LogP contribution in [0.3, 0.4) is 0 Å². The summed E-state index contributed by atoms with van der Waals surface area (Å²) < 4.78 is 27.8. The van der Waals surface area contributed by atoms with Gasteiger partial charge in [-0.15, -0.1) is 0 Å². The smallest absolute Gasteiger partial charge is 0.309 e. The Morgan fingerprint density at radius 3 is 2.48 bits per heavy atom. The highest BCUT2D eigenvalue weighted by Crippen LogP contribution is 2.25. The molecule has 3 rings (SSSR count). The number of anilines is 1. The Morgan fingerprint density at radius 1 is 1.19 bits per heavy atom. The van der Waals surface area contributed by atoms with Crippen LogP contribution in [0.1, 0.15) is 17.5 Å². The number of aromatic nitrogens is 1. The number of rotatable bonds is 6. The van der Waals surface area contributed by atoms with E-state index in [1.54, 1.807) is 12.1 Å². The molecule has 1 aromatic carbocycles. The van der Waals surface area contributed by atoms with Crippen LogP contribution in [0.2, 0.25) is 0 Å². The lowest BCUT2D eigenvalue weighted by atomic mass is 9.97. The van der Waals surface area contributed by atoms with Crippen molar-refractivity contribution in [3.8, 4) is 0 Å². The average Bonchev–Trinajstić information content (AvgIpc) is 3.11. The van der Waals surface area contributed by atoms with Gasteiger partial charge in [-0.05, 0) is 42.0 Å². The third-order valence-corrected chi connectivity index (χ3v) is 5.98. The first kappa shape index (κ1) is 19.4. The highest BCUT2D eigenvalue weighted by atomic mass is 32.2. The second kappa shape index (κ2) is 8.08. The number of sulfone groups is 1. The number of hydrogen-bond donors (Lipinski definition) is 0. The lowest BCUT2D eigenvalue weighted by molar-refractivity contribution is -0.139. The molecule has 0 radical (unpaired) electrons. The first-order valence-electron chi connectivity index (χ1n) is 8.91. The normalized spacial score (nSPS) is 17.1. The Bertz CT molecular complexity index is 893. The molecule has 1 aliphatic heterocycles. The quantitative estimate of drug-likeness (QED) is 0.707. The zero-order valence-electron chi connectivity index (χ0n) is 15.6. The molecule has 1 aromatic heterocycles. The number of methoxy groups -OCH3 is 1. The molecule has 2 aromatic rings. The molecule has 0 N–H and O–H groups in total. The molecular weight excluding hydrogens is 364 g/mol. The van der Waals surface area contributed by atoms with E-state index < -0.39 is 9.84 Å². The summed E-state index contributed by atoms with van der Waals surface area (Å²) in [4.78, 5) is 18.1. The molecule has 7 heteroatoms. The molecule has 1 saturated heterocycles. The fourth-order valence-corrected chi connectivity index (χ4v) is 3.91. The number of hydrogen-bond acceptors (Lipinski definition) is 6. The van der Waals surface area contributed by atoms with Crippen molar-refractivity contribution in [3.63, 3.8) is 0 Å². The van der Waals surface area contributed by atoms with E-state index in [0.717, 1.165) is 37.3 Å². The van der Waals surface area contributed by atoms with Crippen molar-refractivity contribution >= 4 is 21.6 Å². The molecule has 1 atom stereocenters. The fourth-order valence-electron chi connectivity index (χ4n) is 3.35. The maximum Gasteiger partial charge on any atom is 0.309 e. The van der Waals surface area contributed by atoms with Gasteiger partial charge in [-0.3, -0.25) is 4.79 Å². The molecule has 6 nitrogen and oxygen atoms in total. The van der Waals surface area contributed by atoms with Crippen molar-refractivity contribution in [1.82, 2.24) is 4.98 Å². The Balaban J connectivity index is 1.57. The molecule has 0 aliphatic carbocycles. The summed E-state index contributed by atoms with van der Waals surface area (Å²) >= 11 is 0. The van der Waals surface area contributed by atoms with Crippen LogP contribution in [0.15, 0.2) is 47.5 Å². The predicted molar refractivity (Wildman–Crippen MR) is 104 cm³/mol. The Labute approximate surface area is 160 Å². The summed E-state index contributed by atoms with van der Waals surface area (Å²) in [5.41, 5.74) is 2.20. The van der Waals surface area contributed by atoms with E-state index in [2.05, 4.69) is 26.8 Å². The van der Waals surface area contributed by atoms with E-state index in [1.165, 1.54) is 25.1 Å². The summed E-state index contributed by atoms with van der Waals surface area (Å²) in [6, 6.07) is 11.5. The minimum Gasteiger partial charge on any atom is -0.469 e. The van der Waals surface area contributed by atoms with Gasteiger partial charge in [0.25, 0.3) is 0 Å². The van der Waals surface area contributed by atoms with Gasteiger partial charge in [0.15, 0.2) is 9.84 Å². The van der Waals surface area contributed by atoms with Crippen LogP contribution >= 0.6 is 0 Å². The van der Waals surface area contributed by atoms with Gasteiger partial charge < -0.3 is 9.64 Å². The second-order valence-electron chi connectivity index (χ2n) is 7.00. The first-order chi connectivity index (χ1) is 12.8. The summed E-state index contributed by atoms with van der Waals surface area (Å²) in [6.45, 7) is 1.81. The van der Waals surface area contributed by atoms with E-state index in [-0.39, 0.29) is 10.9 Å². The van der Waals surface area contributed by atoms with Crippen LogP contribution in [-0.2, 0) is 32.2 Å². The number of esters is 1. The van der Waals surface area contributed by atoms with E-state index >= 15 is 0 Å². The number of ether oxygens (including phenoxy) is 1. The number of carbonyl (C=O) groups is 1. The molecule has 1 aliphatic rings. The lowest BCUT2D eigenvalue weighted by Gasteiger charge is -2.17. The topological polar surface area (TPSA) is 76.6 Å². The molecule has 1 fully saturated rings. The van der Waals surface area contributed by atoms with Gasteiger partial charge in [0, 0.05) is 25.5 Å². The molecule has 0 bridgehead atoms. The van der Waals surface area contributed by atoms with E-state index in [1.807, 2.05) is 12.1 Å². The van der Waals surface area contributed by atoms with E-state index in [0.29, 0.717) is 12.3 Å². The van der Waals surface area contributed by atoms with Crippen molar-refractivity contribution in [1.29, 1.82) is 0 Å². The van der Waals surface area contributed by atoms with Gasteiger partial charge in [0.2, 0.25) is 0 Å². The molecular formula is C20H24N2O4S. The largest absolute Gasteiger partial charge is 0.469 e. The molecule has 1 unspecified atom stereocenters. The Kier molecular flexibility index (Phi) is 5.79. The molecule has 0 amide bonds. The number of nitrogens with zero attached hydrogens (tertiary/aromatic N) is 2. The lowest BCUT2D eigenvalue weighted by Crippen LogP contribution is -2.21. The van der Waals surface area contributed by atoms with Crippen molar-refractivity contribution in [2.45, 2.75) is 24.2 Å². The van der Waals surface area contributed by atoms with Crippen molar-refractivity contribution < 1.29 is 17.9 Å². The van der Waals surface area contributed by atoms with Crippen LogP contribution in [0, 0.1) is 5.92 Å². The van der Waals surface area contributed by atoms with Gasteiger partial charge in [-0.25, -0.2) is 13.4 Å². The highest BCUT2D eigenvalue weighted by Gasteiger charge is 2.24. The molecule has 0 spiro atoms. The summed E-state index contributed by atoms with van der Waals surface area (Å²) in [7, 11) is -1.82. The van der Waals surface area contributed by atoms with E-state index in [9.17, 15) is 13.2 Å². The van der Waals surface area contributed by atoms with Gasteiger partial charge in [-0.2, -0.15) is 0 Å². The number of carbonyl (C=O) groups excluding carboxylic acids is 1. The summed E-state index contributed by atoms with van der Waals surface area (Å²) in [6.07, 6.45) is 4.95. The summed E-state index contributed by atoms with van der Waals surface area (Å²) in [5, 5.41) is 0. The summed E-state index contributed by atoms with van der Waals surface area (Å²) in [5.74, 6) is 1.11. The number of benzene rings is 1. The first-order valence-corrected chi connectivity index (χ1v) is 10.8. The maximum absolute atomic E-state index is 11.5. The zero-order chi connectivity index (χ0) is 19.4. The molecule has 144 valence electrons. The van der Waals surface area contributed by atoms with Gasteiger partial charge in [0.05, 0.1) is 18.4 Å². The minimum atomic E-state index is -3.22. The predicted octanol–water partition coefficient (Wildman–Crippen LogP) is 2.27. The van der Waals surface area contributed by atoms with Crippen molar-refractivity contribution in [2.75, 3.05) is 31.4 Å². The third-order valence-electron chi connectivity index (χ3n) is 4.88. The van der Waals surface area contributed by atoms with E-state index in [4.69, 9.17) is 0 Å². The van der Waals surface area contributed by atoms with Gasteiger partial charge >= 0.3 is 5.97 Å². The van der Waals surface area contributed by atoms with Crippen LogP contribution in [0.4, 0.5) is 5.82 Å². The number of pyridine rings is 1. The third kappa shape index (κ3) is 5.07. The Morgan fingerprint density at radius 2 is 1.89 bits per heavy atom. The van der Waals surface area contributed by atoms with Crippen LogP contribution < -0.4 is 4.90 Å². The van der Waals surface area contributed by atoms with Crippen molar-refractivity contribution in [3.05, 3.63) is 53.7 Å². The van der Waals surface area contributed by atoms with Crippen LogP contribution in [-0.4, -0.2) is 45.8 Å². The maximum atomic E-state index is 11.5. The highest BCUT2D eigenvalue weighted by molar-refractivity contribution is 7.90. The molecule has 0 saturated carbocycles. The second-order valence-corrected chi connectivity index (χ2v) is 9.01. The minimum absolute atomic E-state index is 0.233. The molecule has 2 heterocycles.